The van der Waals surface area contributed by atoms with E-state index in [2.05, 4.69) is 16.1 Å². The highest BCUT2D eigenvalue weighted by molar-refractivity contribution is 8.00. The number of aromatic nitrogens is 1. The second kappa shape index (κ2) is 2.20. The van der Waals surface area contributed by atoms with Gasteiger partial charge in [-0.1, -0.05) is 0 Å². The van der Waals surface area contributed by atoms with Gasteiger partial charge < -0.3 is 0 Å². The highest BCUT2D eigenvalue weighted by Gasteiger charge is 2.12. The molecule has 2 aliphatic rings. The van der Waals surface area contributed by atoms with Gasteiger partial charge in [-0.25, -0.2) is 0 Å². The standard InChI is InChI=1S/C9H6N2S/c1-3-10-8-6(1)5-11-7-2-4-12-9(7)8/h1-3,5H,4H2. The van der Waals surface area contributed by atoms with E-state index in [4.69, 9.17) is 0 Å². The van der Waals surface area contributed by atoms with Crippen molar-refractivity contribution in [3.8, 4) is 0 Å². The maximum Gasteiger partial charge on any atom is 0.0875 e. The second-order valence-corrected chi connectivity index (χ2v) is 3.77. The van der Waals surface area contributed by atoms with Gasteiger partial charge in [-0.15, -0.1) is 11.8 Å². The van der Waals surface area contributed by atoms with E-state index in [0.717, 1.165) is 22.0 Å². The first-order valence-corrected chi connectivity index (χ1v) is 4.80. The highest BCUT2D eigenvalue weighted by Crippen LogP contribution is 2.26. The second-order valence-electron chi connectivity index (χ2n) is 2.74. The summed E-state index contributed by atoms with van der Waals surface area (Å²) in [6, 6.07) is 0. The lowest BCUT2D eigenvalue weighted by atomic mass is 10.3. The van der Waals surface area contributed by atoms with Crippen LogP contribution in [0.3, 0.4) is 0 Å². The van der Waals surface area contributed by atoms with Crippen LogP contribution in [0.1, 0.15) is 0 Å². The minimum Gasteiger partial charge on any atom is -0.255 e. The van der Waals surface area contributed by atoms with Gasteiger partial charge in [0.15, 0.2) is 0 Å². The largest absolute Gasteiger partial charge is 0.255 e. The Balaban J connectivity index is 2.50. The van der Waals surface area contributed by atoms with E-state index in [-0.39, 0.29) is 0 Å². The van der Waals surface area contributed by atoms with Crippen molar-refractivity contribution in [2.45, 2.75) is 4.90 Å². The third kappa shape index (κ3) is 0.716. The number of nitrogens with zero attached hydrogens (tertiary/aromatic N) is 2. The molecule has 0 radical (unpaired) electrons. The molecule has 0 fully saturated rings. The van der Waals surface area contributed by atoms with Gasteiger partial charge in [-0.05, 0) is 12.2 Å². The van der Waals surface area contributed by atoms with Gasteiger partial charge in [0.25, 0.3) is 0 Å². The average Bonchev–Trinajstić information content (AvgIpc) is 2.71. The number of fused-ring (bicyclic) bond motifs is 3. The van der Waals surface area contributed by atoms with Crippen molar-refractivity contribution in [3.63, 3.8) is 0 Å². The molecule has 3 heteroatoms. The Bertz CT molecular complexity index is 488. The molecule has 0 spiro atoms. The quantitative estimate of drug-likeness (QED) is 0.571. The van der Waals surface area contributed by atoms with Crippen molar-refractivity contribution in [2.24, 2.45) is 4.99 Å². The zero-order valence-electron chi connectivity index (χ0n) is 6.32. The van der Waals surface area contributed by atoms with Gasteiger partial charge in [0.2, 0.25) is 0 Å². The summed E-state index contributed by atoms with van der Waals surface area (Å²) in [6.45, 7) is 0. The zero-order valence-corrected chi connectivity index (χ0v) is 7.14. The van der Waals surface area contributed by atoms with Crippen molar-refractivity contribution in [1.82, 2.24) is 4.98 Å². The Hall–Kier alpha value is -1.09. The number of aliphatic imine (C=N–C) groups is 1. The molecular formula is C9H6N2S. The monoisotopic (exact) mass is 174 g/mol. The molecule has 0 N–H and O–H groups in total. The lowest BCUT2D eigenvalue weighted by Gasteiger charge is -1.96. The molecule has 0 unspecified atom stereocenters. The van der Waals surface area contributed by atoms with E-state index >= 15 is 0 Å². The van der Waals surface area contributed by atoms with Crippen molar-refractivity contribution in [3.05, 3.63) is 16.8 Å². The van der Waals surface area contributed by atoms with Crippen LogP contribution in [0.5, 0.6) is 0 Å². The lowest BCUT2D eigenvalue weighted by Crippen LogP contribution is -2.13. The van der Waals surface area contributed by atoms with Crippen molar-refractivity contribution >= 4 is 35.8 Å². The van der Waals surface area contributed by atoms with E-state index in [1.165, 1.54) is 4.90 Å². The van der Waals surface area contributed by atoms with Crippen LogP contribution in [0.4, 0.5) is 5.69 Å². The van der Waals surface area contributed by atoms with Gasteiger partial charge in [-0.3, -0.25) is 9.98 Å². The molecule has 0 saturated carbocycles. The van der Waals surface area contributed by atoms with Gasteiger partial charge in [0.05, 0.1) is 15.9 Å². The van der Waals surface area contributed by atoms with Crippen LogP contribution in [0, 0.1) is 0 Å². The molecule has 2 aliphatic heterocycles. The molecule has 0 saturated heterocycles. The van der Waals surface area contributed by atoms with Crippen LogP contribution in [-0.2, 0) is 0 Å². The fraction of sp³-hybridized carbons (Fsp3) is 0.111. The summed E-state index contributed by atoms with van der Waals surface area (Å²) in [5.74, 6) is 1.04. The number of thioether (sulfide) groups is 1. The van der Waals surface area contributed by atoms with Gasteiger partial charge in [0, 0.05) is 23.4 Å². The van der Waals surface area contributed by atoms with E-state index in [9.17, 15) is 0 Å². The summed E-state index contributed by atoms with van der Waals surface area (Å²) in [7, 11) is 0. The predicted molar refractivity (Wildman–Crippen MR) is 51.3 cm³/mol. The molecule has 3 rings (SSSR count). The fourth-order valence-corrected chi connectivity index (χ4v) is 2.45. The Morgan fingerprint density at radius 3 is 3.42 bits per heavy atom. The number of pyridine rings is 1. The highest BCUT2D eigenvalue weighted by atomic mass is 32.2. The Morgan fingerprint density at radius 2 is 2.42 bits per heavy atom. The van der Waals surface area contributed by atoms with Crippen molar-refractivity contribution < 1.29 is 0 Å². The first kappa shape index (κ1) is 6.43. The van der Waals surface area contributed by atoms with Crippen LogP contribution < -0.4 is 10.6 Å². The Kier molecular flexibility index (Phi) is 1.18. The molecule has 0 bridgehead atoms. The summed E-state index contributed by atoms with van der Waals surface area (Å²) in [5.41, 5.74) is 1.11. The van der Waals surface area contributed by atoms with E-state index in [0.29, 0.717) is 0 Å². The van der Waals surface area contributed by atoms with Gasteiger partial charge >= 0.3 is 0 Å². The number of hydrogen-bond acceptors (Lipinski definition) is 3. The summed E-state index contributed by atoms with van der Waals surface area (Å²) < 4.78 is 0. The topological polar surface area (TPSA) is 25.2 Å². The first-order chi connectivity index (χ1) is 5.95. The van der Waals surface area contributed by atoms with Crippen LogP contribution in [0.25, 0.3) is 12.2 Å². The maximum atomic E-state index is 4.34. The first-order valence-electron chi connectivity index (χ1n) is 3.81. The molecule has 0 atom stereocenters. The van der Waals surface area contributed by atoms with Crippen LogP contribution in [0.2, 0.25) is 0 Å². The molecule has 3 heterocycles. The van der Waals surface area contributed by atoms with Crippen LogP contribution in [-0.4, -0.2) is 17.0 Å². The lowest BCUT2D eigenvalue weighted by molar-refractivity contribution is 1.14. The molecular weight excluding hydrogens is 168 g/mol. The third-order valence-corrected chi connectivity index (χ3v) is 3.05. The van der Waals surface area contributed by atoms with Gasteiger partial charge in [0.1, 0.15) is 0 Å². The molecule has 12 heavy (non-hydrogen) atoms. The zero-order chi connectivity index (χ0) is 7.97. The van der Waals surface area contributed by atoms with Crippen molar-refractivity contribution in [2.75, 3.05) is 5.75 Å². The predicted octanol–water partition coefficient (Wildman–Crippen LogP) is 0.464. The van der Waals surface area contributed by atoms with E-state index in [1.807, 2.05) is 30.2 Å². The summed E-state index contributed by atoms with van der Waals surface area (Å²) >= 11 is 1.82. The number of rotatable bonds is 0. The van der Waals surface area contributed by atoms with Gasteiger partial charge in [-0.2, -0.15) is 0 Å². The third-order valence-electron chi connectivity index (χ3n) is 2.03. The molecule has 2 nitrogen and oxygen atoms in total. The minimum atomic E-state index is 1.04. The smallest absolute Gasteiger partial charge is 0.0875 e. The van der Waals surface area contributed by atoms with E-state index < -0.39 is 0 Å². The molecule has 58 valence electrons. The average molecular weight is 174 g/mol. The molecule has 1 aromatic heterocycles. The maximum absolute atomic E-state index is 4.34. The Morgan fingerprint density at radius 1 is 1.42 bits per heavy atom. The SMILES string of the molecule is C1=Nc2c3c(ncc2=C1)=CCS3. The van der Waals surface area contributed by atoms with E-state index in [1.54, 1.807) is 0 Å². The summed E-state index contributed by atoms with van der Waals surface area (Å²) in [6.07, 6.45) is 7.88. The normalized spacial score (nSPS) is 16.7. The van der Waals surface area contributed by atoms with Crippen LogP contribution in [0.15, 0.2) is 16.1 Å². The summed E-state index contributed by atoms with van der Waals surface area (Å²) in [4.78, 5) is 9.90. The van der Waals surface area contributed by atoms with Crippen molar-refractivity contribution in [1.29, 1.82) is 0 Å². The molecule has 0 amide bonds. The Labute approximate surface area is 73.7 Å². The van der Waals surface area contributed by atoms with Crippen LogP contribution >= 0.6 is 11.8 Å². The number of hydrogen-bond donors (Lipinski definition) is 0. The molecule has 0 aromatic carbocycles. The summed E-state index contributed by atoms with van der Waals surface area (Å²) in [5, 5.41) is 2.25. The molecule has 0 aliphatic carbocycles. The fourth-order valence-electron chi connectivity index (χ4n) is 1.45. The minimum absolute atomic E-state index is 1.04. The molecule has 1 aromatic rings.